The minimum Gasteiger partial charge on any atom is -0.450 e. The molecule has 8 nitrogen and oxygen atoms in total. The van der Waals surface area contributed by atoms with Gasteiger partial charge in [0, 0.05) is 19.1 Å². The molecule has 3 N–H and O–H groups in total. The summed E-state index contributed by atoms with van der Waals surface area (Å²) < 4.78 is 5.57. The second kappa shape index (κ2) is 9.77. The molecule has 0 atom stereocenters. The molecule has 2 aliphatic rings. The van der Waals surface area contributed by atoms with Gasteiger partial charge in [-0.1, -0.05) is 11.6 Å². The number of halogens is 1. The lowest BCUT2D eigenvalue weighted by Crippen LogP contribution is -2.64. The summed E-state index contributed by atoms with van der Waals surface area (Å²) in [6.07, 6.45) is 2.05. The number of hydrogen-bond donors (Lipinski definition) is 3. The SMILES string of the molecule is CCOC(=O)N1CCC(NC(=O)C2(NC(=O)c3ccc(Cl)s3)CCNCC2)CC1. The zero-order chi connectivity index (χ0) is 20.9. The zero-order valence-electron chi connectivity index (χ0n) is 16.5. The first kappa shape index (κ1) is 21.9. The molecule has 0 bridgehead atoms. The minimum atomic E-state index is -0.947. The van der Waals surface area contributed by atoms with Crippen molar-refractivity contribution >= 4 is 40.8 Å². The number of rotatable bonds is 5. The van der Waals surface area contributed by atoms with Gasteiger partial charge in [-0.25, -0.2) is 4.79 Å². The fraction of sp³-hybridized carbons (Fsp3) is 0.632. The zero-order valence-corrected chi connectivity index (χ0v) is 18.0. The fourth-order valence-electron chi connectivity index (χ4n) is 3.72. The molecular formula is C19H27ClN4O4S. The molecule has 160 valence electrons. The molecule has 1 aromatic heterocycles. The van der Waals surface area contributed by atoms with Crippen LogP contribution in [0.2, 0.25) is 4.34 Å². The van der Waals surface area contributed by atoms with E-state index in [1.807, 2.05) is 0 Å². The van der Waals surface area contributed by atoms with E-state index >= 15 is 0 Å². The van der Waals surface area contributed by atoms with Crippen molar-refractivity contribution in [2.24, 2.45) is 0 Å². The molecule has 10 heteroatoms. The number of piperidine rings is 2. The van der Waals surface area contributed by atoms with E-state index in [2.05, 4.69) is 16.0 Å². The third kappa shape index (κ3) is 5.40. The molecule has 3 heterocycles. The lowest BCUT2D eigenvalue weighted by atomic mass is 9.86. The molecule has 3 rings (SSSR count). The van der Waals surface area contributed by atoms with Crippen molar-refractivity contribution < 1.29 is 19.1 Å². The van der Waals surface area contributed by atoms with Crippen LogP contribution < -0.4 is 16.0 Å². The van der Waals surface area contributed by atoms with Crippen LogP contribution in [0.3, 0.4) is 0 Å². The van der Waals surface area contributed by atoms with E-state index in [1.54, 1.807) is 24.0 Å². The molecule has 0 spiro atoms. The molecule has 0 saturated carbocycles. The van der Waals surface area contributed by atoms with Crippen LogP contribution in [0.1, 0.15) is 42.3 Å². The summed E-state index contributed by atoms with van der Waals surface area (Å²) >= 11 is 7.13. The van der Waals surface area contributed by atoms with Crippen molar-refractivity contribution in [3.63, 3.8) is 0 Å². The Hall–Kier alpha value is -1.84. The van der Waals surface area contributed by atoms with E-state index in [-0.39, 0.29) is 23.9 Å². The van der Waals surface area contributed by atoms with Gasteiger partial charge in [0.05, 0.1) is 15.8 Å². The van der Waals surface area contributed by atoms with Crippen LogP contribution in [0.25, 0.3) is 0 Å². The first-order valence-corrected chi connectivity index (χ1v) is 11.1. The van der Waals surface area contributed by atoms with Crippen LogP contribution in [0.15, 0.2) is 12.1 Å². The monoisotopic (exact) mass is 442 g/mol. The van der Waals surface area contributed by atoms with Crippen molar-refractivity contribution in [2.75, 3.05) is 32.8 Å². The van der Waals surface area contributed by atoms with Crippen LogP contribution in [0.5, 0.6) is 0 Å². The normalized spacial score (nSPS) is 19.4. The molecule has 3 amide bonds. The van der Waals surface area contributed by atoms with Gasteiger partial charge in [0.2, 0.25) is 5.91 Å². The third-order valence-corrected chi connectivity index (χ3v) is 6.63. The summed E-state index contributed by atoms with van der Waals surface area (Å²) in [4.78, 5) is 39.9. The highest BCUT2D eigenvalue weighted by Crippen LogP contribution is 2.25. The lowest BCUT2D eigenvalue weighted by molar-refractivity contribution is -0.129. The van der Waals surface area contributed by atoms with Gasteiger partial charge in [0.15, 0.2) is 0 Å². The van der Waals surface area contributed by atoms with Crippen LogP contribution in [-0.4, -0.2) is 67.2 Å². The van der Waals surface area contributed by atoms with Gasteiger partial charge in [-0.05, 0) is 57.8 Å². The fourth-order valence-corrected chi connectivity index (χ4v) is 4.66. The number of thiophene rings is 1. The Morgan fingerprint density at radius 1 is 1.28 bits per heavy atom. The lowest BCUT2D eigenvalue weighted by Gasteiger charge is -2.39. The van der Waals surface area contributed by atoms with Crippen molar-refractivity contribution in [3.05, 3.63) is 21.3 Å². The van der Waals surface area contributed by atoms with Gasteiger partial charge in [-0.15, -0.1) is 11.3 Å². The van der Waals surface area contributed by atoms with Crippen LogP contribution in [0.4, 0.5) is 4.79 Å². The number of ether oxygens (including phenoxy) is 1. The average Bonchev–Trinajstić information content (AvgIpc) is 3.16. The van der Waals surface area contributed by atoms with Crippen molar-refractivity contribution in [2.45, 2.75) is 44.2 Å². The second-order valence-electron chi connectivity index (χ2n) is 7.32. The molecule has 0 aliphatic carbocycles. The Balaban J connectivity index is 1.61. The number of hydrogen-bond acceptors (Lipinski definition) is 6. The van der Waals surface area contributed by atoms with Gasteiger partial charge < -0.3 is 25.6 Å². The Morgan fingerprint density at radius 2 is 1.97 bits per heavy atom. The molecule has 0 unspecified atom stereocenters. The predicted octanol–water partition coefficient (Wildman–Crippen LogP) is 1.99. The number of amides is 3. The van der Waals surface area contributed by atoms with E-state index in [9.17, 15) is 14.4 Å². The van der Waals surface area contributed by atoms with Gasteiger partial charge >= 0.3 is 6.09 Å². The summed E-state index contributed by atoms with van der Waals surface area (Å²) in [5.74, 6) is -0.444. The molecule has 29 heavy (non-hydrogen) atoms. The van der Waals surface area contributed by atoms with E-state index in [1.165, 1.54) is 11.3 Å². The van der Waals surface area contributed by atoms with Gasteiger partial charge in [0.1, 0.15) is 5.54 Å². The largest absolute Gasteiger partial charge is 0.450 e. The standard InChI is InChI=1S/C19H27ClN4O4S/c1-2-28-18(27)24-11-5-13(6-12-24)22-17(26)19(7-9-21-10-8-19)23-16(25)14-3-4-15(20)29-14/h3-4,13,21H,2,5-12H2,1H3,(H,22,26)(H,23,25). The molecule has 1 aromatic rings. The number of carbonyl (C=O) groups is 3. The maximum absolute atomic E-state index is 13.2. The number of carbonyl (C=O) groups excluding carboxylic acids is 3. The van der Waals surface area contributed by atoms with Crippen LogP contribution in [0, 0.1) is 0 Å². The smallest absolute Gasteiger partial charge is 0.409 e. The highest BCUT2D eigenvalue weighted by atomic mass is 35.5. The summed E-state index contributed by atoms with van der Waals surface area (Å²) in [5, 5.41) is 9.31. The van der Waals surface area contributed by atoms with E-state index in [0.29, 0.717) is 67.7 Å². The molecule has 0 aromatic carbocycles. The van der Waals surface area contributed by atoms with Crippen LogP contribution >= 0.6 is 22.9 Å². The highest BCUT2D eigenvalue weighted by Gasteiger charge is 2.42. The molecule has 2 fully saturated rings. The Bertz CT molecular complexity index is 742. The quantitative estimate of drug-likeness (QED) is 0.647. The minimum absolute atomic E-state index is 0.0342. The Labute approximate surface area is 179 Å². The maximum Gasteiger partial charge on any atom is 0.409 e. The number of nitrogens with one attached hydrogen (secondary N) is 3. The Kier molecular flexibility index (Phi) is 7.37. The first-order valence-electron chi connectivity index (χ1n) is 9.95. The second-order valence-corrected chi connectivity index (χ2v) is 9.04. The van der Waals surface area contributed by atoms with Crippen molar-refractivity contribution in [3.8, 4) is 0 Å². The van der Waals surface area contributed by atoms with Gasteiger partial charge in [0.25, 0.3) is 5.91 Å². The summed E-state index contributed by atoms with van der Waals surface area (Å²) in [6, 6.07) is 3.31. The molecular weight excluding hydrogens is 416 g/mol. The molecule has 2 saturated heterocycles. The summed E-state index contributed by atoms with van der Waals surface area (Å²) in [5.41, 5.74) is -0.947. The predicted molar refractivity (Wildman–Crippen MR) is 111 cm³/mol. The molecule has 2 aliphatic heterocycles. The third-order valence-electron chi connectivity index (χ3n) is 5.40. The Morgan fingerprint density at radius 3 is 2.55 bits per heavy atom. The van der Waals surface area contributed by atoms with Gasteiger partial charge in [-0.3, -0.25) is 9.59 Å². The topological polar surface area (TPSA) is 99.8 Å². The summed E-state index contributed by atoms with van der Waals surface area (Å²) in [6.45, 7) is 4.51. The van der Waals surface area contributed by atoms with E-state index < -0.39 is 5.54 Å². The van der Waals surface area contributed by atoms with Crippen molar-refractivity contribution in [1.82, 2.24) is 20.9 Å². The van der Waals surface area contributed by atoms with E-state index in [0.717, 1.165) is 0 Å². The number of likely N-dealkylation sites (tertiary alicyclic amines) is 1. The highest BCUT2D eigenvalue weighted by molar-refractivity contribution is 7.18. The van der Waals surface area contributed by atoms with Crippen LogP contribution in [-0.2, 0) is 9.53 Å². The number of nitrogens with zero attached hydrogens (tertiary/aromatic N) is 1. The molecule has 0 radical (unpaired) electrons. The maximum atomic E-state index is 13.2. The first-order chi connectivity index (χ1) is 13.9. The van der Waals surface area contributed by atoms with Gasteiger partial charge in [-0.2, -0.15) is 0 Å². The van der Waals surface area contributed by atoms with Crippen molar-refractivity contribution in [1.29, 1.82) is 0 Å². The van der Waals surface area contributed by atoms with E-state index in [4.69, 9.17) is 16.3 Å². The summed E-state index contributed by atoms with van der Waals surface area (Å²) in [7, 11) is 0. The average molecular weight is 443 g/mol.